The molecule has 4 nitrogen and oxygen atoms in total. The lowest BCUT2D eigenvalue weighted by Gasteiger charge is -2.05. The Morgan fingerprint density at radius 1 is 1.04 bits per heavy atom. The van der Waals surface area contributed by atoms with Gasteiger partial charge in [0, 0.05) is 23.0 Å². The molecule has 0 aliphatic carbocycles. The highest BCUT2D eigenvalue weighted by atomic mass is 16.1. The van der Waals surface area contributed by atoms with E-state index in [0.29, 0.717) is 5.56 Å². The van der Waals surface area contributed by atoms with Gasteiger partial charge in [0.2, 0.25) is 0 Å². The van der Waals surface area contributed by atoms with Crippen LogP contribution in [0, 0.1) is 20.8 Å². The van der Waals surface area contributed by atoms with E-state index in [1.165, 1.54) is 5.56 Å². The normalized spacial score (nSPS) is 14.3. The first-order chi connectivity index (χ1) is 12.0. The van der Waals surface area contributed by atoms with E-state index in [1.54, 1.807) is 4.68 Å². The number of hydrogen-bond donors (Lipinski definition) is 1. The number of aromatic amines is 1. The van der Waals surface area contributed by atoms with Gasteiger partial charge in [0.25, 0.3) is 5.56 Å². The summed E-state index contributed by atoms with van der Waals surface area (Å²) >= 11 is 0. The molecule has 0 spiro atoms. The lowest BCUT2D eigenvalue weighted by molar-refractivity contribution is 0.833. The SMILES string of the molecule is Cc1ccc(-n2[nH]c(C)c(/C=C3\C=Nc4ccccc43)c2=O)cc1C. The molecule has 2 aromatic carbocycles. The van der Waals surface area contributed by atoms with Gasteiger partial charge in [-0.25, -0.2) is 4.68 Å². The lowest BCUT2D eigenvalue weighted by atomic mass is 10.0. The number of allylic oxidation sites excluding steroid dienone is 1. The zero-order valence-corrected chi connectivity index (χ0v) is 14.5. The van der Waals surface area contributed by atoms with Gasteiger partial charge in [-0.3, -0.25) is 14.9 Å². The number of hydrogen-bond acceptors (Lipinski definition) is 2. The van der Waals surface area contributed by atoms with Crippen LogP contribution in [0.25, 0.3) is 17.3 Å². The average molecular weight is 329 g/mol. The monoisotopic (exact) mass is 329 g/mol. The highest BCUT2D eigenvalue weighted by Crippen LogP contribution is 2.32. The number of aliphatic imine (C=N–C) groups is 1. The van der Waals surface area contributed by atoms with Gasteiger partial charge in [0.05, 0.1) is 16.9 Å². The van der Waals surface area contributed by atoms with Gasteiger partial charge >= 0.3 is 0 Å². The van der Waals surface area contributed by atoms with Crippen molar-refractivity contribution in [2.75, 3.05) is 0 Å². The van der Waals surface area contributed by atoms with Gasteiger partial charge in [-0.05, 0) is 56.2 Å². The summed E-state index contributed by atoms with van der Waals surface area (Å²) in [6.07, 6.45) is 3.73. The summed E-state index contributed by atoms with van der Waals surface area (Å²) in [6, 6.07) is 14.0. The van der Waals surface area contributed by atoms with Crippen molar-refractivity contribution in [2.24, 2.45) is 4.99 Å². The van der Waals surface area contributed by atoms with Crippen LogP contribution in [0.4, 0.5) is 5.69 Å². The van der Waals surface area contributed by atoms with E-state index in [-0.39, 0.29) is 5.56 Å². The Morgan fingerprint density at radius 2 is 1.84 bits per heavy atom. The Bertz CT molecular complexity index is 1100. The van der Waals surface area contributed by atoms with Gasteiger partial charge in [0.1, 0.15) is 0 Å². The molecule has 0 fully saturated rings. The molecule has 124 valence electrons. The molecule has 0 bridgehead atoms. The molecule has 1 aliphatic rings. The van der Waals surface area contributed by atoms with Crippen molar-refractivity contribution in [3.63, 3.8) is 0 Å². The van der Waals surface area contributed by atoms with E-state index in [4.69, 9.17) is 0 Å². The second kappa shape index (κ2) is 5.74. The summed E-state index contributed by atoms with van der Waals surface area (Å²) in [5.41, 5.74) is 7.63. The number of nitrogens with zero attached hydrogens (tertiary/aromatic N) is 2. The molecule has 2 heterocycles. The average Bonchev–Trinajstić information content (AvgIpc) is 3.14. The first-order valence-corrected chi connectivity index (χ1v) is 8.29. The number of benzene rings is 2. The van der Waals surface area contributed by atoms with Gasteiger partial charge in [-0.1, -0.05) is 24.3 Å². The van der Waals surface area contributed by atoms with Gasteiger partial charge in [-0.15, -0.1) is 0 Å². The number of nitrogens with one attached hydrogen (secondary N) is 1. The number of aromatic nitrogens is 2. The number of rotatable bonds is 2. The van der Waals surface area contributed by atoms with Crippen LogP contribution in [0.2, 0.25) is 0 Å². The van der Waals surface area contributed by atoms with Crippen LogP contribution in [0.1, 0.15) is 27.9 Å². The fourth-order valence-electron chi connectivity index (χ4n) is 3.09. The zero-order chi connectivity index (χ0) is 17.6. The van der Waals surface area contributed by atoms with Gasteiger partial charge < -0.3 is 0 Å². The van der Waals surface area contributed by atoms with Crippen LogP contribution in [-0.2, 0) is 0 Å². The van der Waals surface area contributed by atoms with Crippen molar-refractivity contribution in [2.45, 2.75) is 20.8 Å². The van der Waals surface area contributed by atoms with Gasteiger partial charge in [-0.2, -0.15) is 0 Å². The molecular weight excluding hydrogens is 310 g/mol. The molecule has 4 rings (SSSR count). The quantitative estimate of drug-likeness (QED) is 0.747. The Morgan fingerprint density at radius 3 is 2.64 bits per heavy atom. The molecule has 1 N–H and O–H groups in total. The van der Waals surface area contributed by atoms with E-state index in [0.717, 1.165) is 33.8 Å². The number of para-hydroxylation sites is 1. The zero-order valence-electron chi connectivity index (χ0n) is 14.5. The van der Waals surface area contributed by atoms with Crippen LogP contribution in [0.3, 0.4) is 0 Å². The Balaban J connectivity index is 1.82. The maximum absolute atomic E-state index is 12.9. The molecular formula is C21H19N3O. The minimum Gasteiger partial charge on any atom is -0.295 e. The number of aryl methyl sites for hydroxylation is 3. The van der Waals surface area contributed by atoms with Crippen LogP contribution < -0.4 is 5.56 Å². The van der Waals surface area contributed by atoms with Crippen LogP contribution in [0.5, 0.6) is 0 Å². The Hall–Kier alpha value is -3.14. The molecule has 1 aromatic heterocycles. The summed E-state index contributed by atoms with van der Waals surface area (Å²) < 4.78 is 1.60. The maximum atomic E-state index is 12.9. The molecule has 0 amide bonds. The van der Waals surface area contributed by atoms with Crippen molar-refractivity contribution in [3.05, 3.63) is 80.8 Å². The third-order valence-electron chi connectivity index (χ3n) is 4.72. The lowest BCUT2D eigenvalue weighted by Crippen LogP contribution is -2.16. The molecule has 0 radical (unpaired) electrons. The standard InChI is InChI=1S/C21H19N3O/c1-13-8-9-17(10-14(13)2)24-21(25)19(15(3)23-24)11-16-12-22-20-7-5-4-6-18(16)20/h4-12,23H,1-3H3/b16-11+. The second-order valence-electron chi connectivity index (χ2n) is 6.43. The minimum absolute atomic E-state index is 0.0500. The van der Waals surface area contributed by atoms with Crippen LogP contribution in [0.15, 0.2) is 52.3 Å². The first kappa shape index (κ1) is 15.4. The fraction of sp³-hybridized carbons (Fsp3) is 0.143. The third-order valence-corrected chi connectivity index (χ3v) is 4.72. The fourth-order valence-corrected chi connectivity index (χ4v) is 3.09. The summed E-state index contributed by atoms with van der Waals surface area (Å²) in [7, 11) is 0. The summed E-state index contributed by atoms with van der Waals surface area (Å²) in [4.78, 5) is 17.3. The second-order valence-corrected chi connectivity index (χ2v) is 6.43. The molecule has 0 unspecified atom stereocenters. The first-order valence-electron chi connectivity index (χ1n) is 8.29. The minimum atomic E-state index is -0.0500. The van der Waals surface area contributed by atoms with Crippen molar-refractivity contribution in [1.82, 2.24) is 9.78 Å². The smallest absolute Gasteiger partial charge is 0.278 e. The van der Waals surface area contributed by atoms with E-state index in [1.807, 2.05) is 61.7 Å². The molecule has 25 heavy (non-hydrogen) atoms. The number of H-pyrrole nitrogens is 1. The molecule has 4 heteroatoms. The maximum Gasteiger partial charge on any atom is 0.278 e. The van der Waals surface area contributed by atoms with E-state index < -0.39 is 0 Å². The van der Waals surface area contributed by atoms with Crippen molar-refractivity contribution in [1.29, 1.82) is 0 Å². The Labute approximate surface area is 146 Å². The summed E-state index contributed by atoms with van der Waals surface area (Å²) in [5.74, 6) is 0. The molecule has 0 atom stereocenters. The summed E-state index contributed by atoms with van der Waals surface area (Å²) in [6.45, 7) is 6.03. The van der Waals surface area contributed by atoms with Crippen molar-refractivity contribution >= 4 is 23.6 Å². The van der Waals surface area contributed by atoms with Crippen LogP contribution >= 0.6 is 0 Å². The highest BCUT2D eigenvalue weighted by Gasteiger charge is 2.15. The van der Waals surface area contributed by atoms with E-state index in [9.17, 15) is 4.79 Å². The highest BCUT2D eigenvalue weighted by molar-refractivity contribution is 6.21. The van der Waals surface area contributed by atoms with Crippen molar-refractivity contribution in [3.8, 4) is 5.69 Å². The molecule has 0 saturated heterocycles. The third kappa shape index (κ3) is 2.56. The molecule has 1 aliphatic heterocycles. The largest absolute Gasteiger partial charge is 0.295 e. The predicted molar refractivity (Wildman–Crippen MR) is 103 cm³/mol. The molecule has 0 saturated carbocycles. The Kier molecular flexibility index (Phi) is 3.53. The predicted octanol–water partition coefficient (Wildman–Crippen LogP) is 4.35. The topological polar surface area (TPSA) is 50.1 Å². The van der Waals surface area contributed by atoms with E-state index >= 15 is 0 Å². The van der Waals surface area contributed by atoms with Crippen LogP contribution in [-0.4, -0.2) is 16.0 Å². The number of fused-ring (bicyclic) bond motifs is 1. The molecule has 3 aromatic rings. The van der Waals surface area contributed by atoms with Crippen molar-refractivity contribution < 1.29 is 0 Å². The van der Waals surface area contributed by atoms with E-state index in [2.05, 4.69) is 23.9 Å². The van der Waals surface area contributed by atoms with Gasteiger partial charge in [0.15, 0.2) is 0 Å². The summed E-state index contributed by atoms with van der Waals surface area (Å²) in [5, 5.41) is 3.19.